The zero-order valence-electron chi connectivity index (χ0n) is 19.9. The normalized spacial score (nSPS) is 10.8. The third-order valence-corrected chi connectivity index (χ3v) is 6.96. The summed E-state index contributed by atoms with van der Waals surface area (Å²) in [4.78, 5) is 14.6. The first-order valence-electron chi connectivity index (χ1n) is 12.1. The van der Waals surface area contributed by atoms with Gasteiger partial charge < -0.3 is 0 Å². The Morgan fingerprint density at radius 1 is 0.297 bits per heavy atom. The van der Waals surface area contributed by atoms with Crippen LogP contribution in [-0.4, -0.2) is 15.0 Å². The first-order valence-corrected chi connectivity index (χ1v) is 13.1. The number of hydrogen-bond donors (Lipinski definition) is 0. The molecule has 176 valence electrons. The van der Waals surface area contributed by atoms with E-state index in [1.807, 2.05) is 12.1 Å². The topological polar surface area (TPSA) is 38.7 Å². The largest absolute Gasteiger partial charge is 0.208 e. The van der Waals surface area contributed by atoms with Crippen molar-refractivity contribution in [1.29, 1.82) is 0 Å². The summed E-state index contributed by atoms with van der Waals surface area (Å²) in [5, 5.41) is 0. The van der Waals surface area contributed by atoms with Gasteiger partial charge in [0.2, 0.25) is 0 Å². The fraction of sp³-hybridized carbons (Fsp3) is 0. The fourth-order valence-electron chi connectivity index (χ4n) is 4.25. The third-order valence-electron chi connectivity index (χ3n) is 6.24. The molecule has 3 nitrogen and oxygen atoms in total. The summed E-state index contributed by atoms with van der Waals surface area (Å²) in [5.74, 6) is 1.98. The highest BCUT2D eigenvalue weighted by Crippen LogP contribution is 2.28. The minimum absolute atomic E-state index is 0.658. The molecule has 0 aliphatic heterocycles. The van der Waals surface area contributed by atoms with Gasteiger partial charge >= 0.3 is 0 Å². The van der Waals surface area contributed by atoms with Crippen LogP contribution in [0.25, 0.3) is 56.4 Å². The Kier molecular flexibility index (Phi) is 6.57. The van der Waals surface area contributed by atoms with E-state index in [1.54, 1.807) is 0 Å². The van der Waals surface area contributed by atoms with Crippen molar-refractivity contribution >= 4 is 22.6 Å². The molecule has 0 atom stereocenters. The summed E-state index contributed by atoms with van der Waals surface area (Å²) < 4.78 is 1.17. The van der Waals surface area contributed by atoms with E-state index in [-0.39, 0.29) is 0 Å². The predicted octanol–water partition coefficient (Wildman–Crippen LogP) is 8.81. The maximum absolute atomic E-state index is 4.90. The van der Waals surface area contributed by atoms with Gasteiger partial charge in [-0.05, 0) is 57.0 Å². The van der Waals surface area contributed by atoms with E-state index in [0.29, 0.717) is 17.5 Å². The zero-order chi connectivity index (χ0) is 25.0. The second-order valence-electron chi connectivity index (χ2n) is 8.70. The average molecular weight is 587 g/mol. The van der Waals surface area contributed by atoms with Crippen LogP contribution in [0.5, 0.6) is 0 Å². The first-order chi connectivity index (χ1) is 18.2. The molecule has 6 rings (SSSR count). The third kappa shape index (κ3) is 5.20. The van der Waals surface area contributed by atoms with Gasteiger partial charge in [-0.1, -0.05) is 121 Å². The Morgan fingerprint density at radius 3 is 0.919 bits per heavy atom. The Balaban J connectivity index is 1.42. The SMILES string of the molecule is Ic1ccc(-c2nc(-c3ccc(-c4ccccc4)cc3)nc(-c3ccc(-c4ccccc4)cc3)n2)cc1. The smallest absolute Gasteiger partial charge is 0.164 e. The first kappa shape index (κ1) is 23.3. The van der Waals surface area contributed by atoms with Crippen molar-refractivity contribution in [2.24, 2.45) is 0 Å². The van der Waals surface area contributed by atoms with E-state index in [4.69, 9.17) is 15.0 Å². The summed E-state index contributed by atoms with van der Waals surface area (Å²) >= 11 is 2.31. The van der Waals surface area contributed by atoms with E-state index in [0.717, 1.165) is 27.8 Å². The molecule has 0 spiro atoms. The lowest BCUT2D eigenvalue weighted by atomic mass is 10.0. The monoisotopic (exact) mass is 587 g/mol. The van der Waals surface area contributed by atoms with Gasteiger partial charge in [0.05, 0.1) is 0 Å². The van der Waals surface area contributed by atoms with Crippen LogP contribution in [0.1, 0.15) is 0 Å². The highest BCUT2D eigenvalue weighted by molar-refractivity contribution is 14.1. The molecule has 1 heterocycles. The van der Waals surface area contributed by atoms with Gasteiger partial charge in [-0.15, -0.1) is 0 Å². The van der Waals surface area contributed by atoms with Crippen LogP contribution in [0.15, 0.2) is 133 Å². The molecule has 37 heavy (non-hydrogen) atoms. The van der Waals surface area contributed by atoms with Crippen LogP contribution in [0.2, 0.25) is 0 Å². The van der Waals surface area contributed by atoms with E-state index in [1.165, 1.54) is 14.7 Å². The van der Waals surface area contributed by atoms with E-state index in [9.17, 15) is 0 Å². The molecule has 0 radical (unpaired) electrons. The van der Waals surface area contributed by atoms with Gasteiger partial charge in [0.25, 0.3) is 0 Å². The molecule has 0 fully saturated rings. The van der Waals surface area contributed by atoms with Gasteiger partial charge in [0.15, 0.2) is 17.5 Å². The molecule has 1 aromatic heterocycles. The summed E-state index contributed by atoms with van der Waals surface area (Å²) in [6.45, 7) is 0. The zero-order valence-corrected chi connectivity index (χ0v) is 22.1. The van der Waals surface area contributed by atoms with Crippen LogP contribution in [0, 0.1) is 3.57 Å². The van der Waals surface area contributed by atoms with E-state index in [2.05, 4.69) is 144 Å². The lowest BCUT2D eigenvalue weighted by molar-refractivity contribution is 1.07. The Labute approximate surface area is 230 Å². The molecule has 6 aromatic rings. The molecule has 0 saturated carbocycles. The van der Waals surface area contributed by atoms with E-state index >= 15 is 0 Å². The van der Waals surface area contributed by atoms with Crippen LogP contribution in [0.3, 0.4) is 0 Å². The molecule has 4 heteroatoms. The van der Waals surface area contributed by atoms with Crippen molar-refractivity contribution in [2.75, 3.05) is 0 Å². The molecular formula is C33H22IN3. The Morgan fingerprint density at radius 2 is 0.568 bits per heavy atom. The Bertz CT molecular complexity index is 1530. The lowest BCUT2D eigenvalue weighted by Crippen LogP contribution is -2.00. The number of benzene rings is 5. The van der Waals surface area contributed by atoms with Crippen LogP contribution >= 0.6 is 22.6 Å². The second-order valence-corrected chi connectivity index (χ2v) is 9.95. The Hall–Kier alpha value is -4.16. The molecule has 0 amide bonds. The van der Waals surface area contributed by atoms with Gasteiger partial charge in [0.1, 0.15) is 0 Å². The number of rotatable bonds is 5. The summed E-state index contributed by atoms with van der Waals surface area (Å²) in [7, 11) is 0. The quantitative estimate of drug-likeness (QED) is 0.189. The van der Waals surface area contributed by atoms with Gasteiger partial charge in [0, 0.05) is 20.3 Å². The van der Waals surface area contributed by atoms with Gasteiger partial charge in [-0.25, -0.2) is 15.0 Å². The summed E-state index contributed by atoms with van der Waals surface area (Å²) in [6.07, 6.45) is 0. The second kappa shape index (κ2) is 10.4. The summed E-state index contributed by atoms with van der Waals surface area (Å²) in [6, 6.07) is 45.8. The minimum atomic E-state index is 0.658. The van der Waals surface area contributed by atoms with Crippen molar-refractivity contribution in [2.45, 2.75) is 0 Å². The maximum atomic E-state index is 4.90. The van der Waals surface area contributed by atoms with Crippen LogP contribution < -0.4 is 0 Å². The molecule has 0 N–H and O–H groups in total. The fourth-order valence-corrected chi connectivity index (χ4v) is 4.61. The van der Waals surface area contributed by atoms with Crippen molar-refractivity contribution in [3.8, 4) is 56.4 Å². The maximum Gasteiger partial charge on any atom is 0.164 e. The molecule has 0 aliphatic carbocycles. The number of hydrogen-bond acceptors (Lipinski definition) is 3. The van der Waals surface area contributed by atoms with Crippen LogP contribution in [0.4, 0.5) is 0 Å². The highest BCUT2D eigenvalue weighted by atomic mass is 127. The molecular weight excluding hydrogens is 565 g/mol. The van der Waals surface area contributed by atoms with Gasteiger partial charge in [-0.3, -0.25) is 0 Å². The number of aromatic nitrogens is 3. The van der Waals surface area contributed by atoms with Crippen molar-refractivity contribution in [3.05, 3.63) is 137 Å². The van der Waals surface area contributed by atoms with Gasteiger partial charge in [-0.2, -0.15) is 0 Å². The molecule has 0 unspecified atom stereocenters. The standard InChI is InChI=1S/C33H22IN3/c34-30-21-19-29(20-22-30)33-36-31(27-15-11-25(12-16-27)23-7-3-1-4-8-23)35-32(37-33)28-17-13-26(14-18-28)24-9-5-2-6-10-24/h1-22H. The highest BCUT2D eigenvalue weighted by Gasteiger charge is 2.13. The number of halogens is 1. The predicted molar refractivity (Wildman–Crippen MR) is 160 cm³/mol. The minimum Gasteiger partial charge on any atom is -0.208 e. The summed E-state index contributed by atoms with van der Waals surface area (Å²) in [5.41, 5.74) is 7.56. The molecule has 0 bridgehead atoms. The molecule has 0 aliphatic rings. The molecule has 0 saturated heterocycles. The van der Waals surface area contributed by atoms with Crippen LogP contribution in [-0.2, 0) is 0 Å². The number of nitrogens with zero attached hydrogens (tertiary/aromatic N) is 3. The van der Waals surface area contributed by atoms with Crippen molar-refractivity contribution < 1.29 is 0 Å². The lowest BCUT2D eigenvalue weighted by Gasteiger charge is -2.10. The van der Waals surface area contributed by atoms with Crippen molar-refractivity contribution in [3.63, 3.8) is 0 Å². The van der Waals surface area contributed by atoms with Crippen molar-refractivity contribution in [1.82, 2.24) is 15.0 Å². The molecule has 5 aromatic carbocycles. The average Bonchev–Trinajstić information content (AvgIpc) is 2.98. The van der Waals surface area contributed by atoms with E-state index < -0.39 is 0 Å².